The number of nitrogens with zero attached hydrogens (tertiary/aromatic N) is 2. The van der Waals surface area contributed by atoms with Crippen molar-refractivity contribution in [1.29, 1.82) is 0 Å². The van der Waals surface area contributed by atoms with Gasteiger partial charge in [-0.3, -0.25) is 0 Å². The summed E-state index contributed by atoms with van der Waals surface area (Å²) in [5.74, 6) is 0. The second kappa shape index (κ2) is 3.46. The zero-order chi connectivity index (χ0) is 11.1. The quantitative estimate of drug-likeness (QED) is 0.622. The molecule has 1 aromatic carbocycles. The number of rotatable bonds is 1. The van der Waals surface area contributed by atoms with E-state index < -0.39 is 0 Å². The van der Waals surface area contributed by atoms with E-state index in [4.69, 9.17) is 0 Å². The van der Waals surface area contributed by atoms with E-state index in [-0.39, 0.29) is 0 Å². The smallest absolute Gasteiger partial charge is 0.140 e. The molecule has 0 spiro atoms. The number of aryl methyl sites for hydroxylation is 2. The van der Waals surface area contributed by atoms with Crippen LogP contribution in [0.2, 0.25) is 0 Å². The van der Waals surface area contributed by atoms with Crippen LogP contribution in [0.5, 0.6) is 0 Å². The molecule has 0 N–H and O–H groups in total. The summed E-state index contributed by atoms with van der Waals surface area (Å²) < 4.78 is 2.20. The normalized spacial score (nSPS) is 11.1. The zero-order valence-corrected chi connectivity index (χ0v) is 10.1. The fourth-order valence-corrected chi connectivity index (χ4v) is 2.81. The van der Waals surface area contributed by atoms with Gasteiger partial charge in [0, 0.05) is 29.0 Å². The zero-order valence-electron chi connectivity index (χ0n) is 9.27. The Balaban J connectivity index is 2.28. The molecule has 3 rings (SSSR count). The summed E-state index contributed by atoms with van der Waals surface area (Å²) in [7, 11) is 2.09. The van der Waals surface area contributed by atoms with E-state index in [0.29, 0.717) is 0 Å². The van der Waals surface area contributed by atoms with Crippen LogP contribution in [-0.2, 0) is 7.05 Å². The van der Waals surface area contributed by atoms with E-state index in [1.165, 1.54) is 16.6 Å². The van der Waals surface area contributed by atoms with E-state index in [2.05, 4.69) is 52.3 Å². The molecule has 3 aromatic rings. The van der Waals surface area contributed by atoms with Crippen molar-refractivity contribution >= 4 is 22.2 Å². The number of benzene rings is 1. The molecule has 0 aliphatic rings. The molecular formula is C13H12N2S. The van der Waals surface area contributed by atoms with Gasteiger partial charge in [0.05, 0.1) is 5.69 Å². The molecule has 0 amide bonds. The first kappa shape index (κ1) is 9.60. The molecule has 0 fully saturated rings. The highest BCUT2D eigenvalue weighted by Gasteiger charge is 2.09. The lowest BCUT2D eigenvalue weighted by atomic mass is 10.2. The van der Waals surface area contributed by atoms with Gasteiger partial charge >= 0.3 is 0 Å². The van der Waals surface area contributed by atoms with Crippen LogP contribution in [0.25, 0.3) is 21.6 Å². The van der Waals surface area contributed by atoms with Crippen LogP contribution in [0.4, 0.5) is 0 Å². The highest BCUT2D eigenvalue weighted by Crippen LogP contribution is 2.29. The van der Waals surface area contributed by atoms with E-state index in [1.54, 1.807) is 11.3 Å². The average molecular weight is 228 g/mol. The van der Waals surface area contributed by atoms with Crippen LogP contribution in [0.3, 0.4) is 0 Å². The number of para-hydroxylation sites is 1. The molecule has 0 atom stereocenters. The molecule has 3 heteroatoms. The Labute approximate surface area is 98.2 Å². The molecule has 2 aromatic heterocycles. The summed E-state index contributed by atoms with van der Waals surface area (Å²) in [6, 6.07) is 10.6. The van der Waals surface area contributed by atoms with Gasteiger partial charge in [0.15, 0.2) is 0 Å². The molecule has 0 unspecified atom stereocenters. The van der Waals surface area contributed by atoms with Gasteiger partial charge in [0.2, 0.25) is 0 Å². The van der Waals surface area contributed by atoms with Crippen molar-refractivity contribution in [1.82, 2.24) is 9.55 Å². The van der Waals surface area contributed by atoms with Crippen LogP contribution in [0.15, 0.2) is 35.7 Å². The second-order valence-corrected chi connectivity index (χ2v) is 4.80. The maximum atomic E-state index is 4.53. The van der Waals surface area contributed by atoms with Gasteiger partial charge in [-0.25, -0.2) is 4.98 Å². The summed E-state index contributed by atoms with van der Waals surface area (Å²) >= 11 is 1.70. The molecule has 0 bridgehead atoms. The summed E-state index contributed by atoms with van der Waals surface area (Å²) in [5, 5.41) is 4.46. The molecule has 0 saturated carbocycles. The Kier molecular flexibility index (Phi) is 2.07. The van der Waals surface area contributed by atoms with Gasteiger partial charge in [0.25, 0.3) is 0 Å². The Morgan fingerprint density at radius 3 is 2.75 bits per heavy atom. The average Bonchev–Trinajstić information content (AvgIpc) is 2.84. The van der Waals surface area contributed by atoms with Crippen molar-refractivity contribution in [2.24, 2.45) is 7.05 Å². The highest BCUT2D eigenvalue weighted by atomic mass is 32.1. The molecule has 80 valence electrons. The van der Waals surface area contributed by atoms with E-state index in [9.17, 15) is 0 Å². The van der Waals surface area contributed by atoms with Gasteiger partial charge in [-0.05, 0) is 19.1 Å². The molecule has 16 heavy (non-hydrogen) atoms. The van der Waals surface area contributed by atoms with E-state index in [1.807, 2.05) is 6.92 Å². The lowest BCUT2D eigenvalue weighted by Crippen LogP contribution is -1.90. The van der Waals surface area contributed by atoms with E-state index in [0.717, 1.165) is 10.7 Å². The van der Waals surface area contributed by atoms with Crippen LogP contribution in [0, 0.1) is 6.92 Å². The first-order chi connectivity index (χ1) is 7.75. The third-order valence-corrected chi connectivity index (χ3v) is 3.77. The number of aromatic nitrogens is 2. The molecule has 0 radical (unpaired) electrons. The third-order valence-electron chi connectivity index (χ3n) is 2.79. The molecule has 2 nitrogen and oxygen atoms in total. The van der Waals surface area contributed by atoms with Crippen molar-refractivity contribution in [3.63, 3.8) is 0 Å². The maximum Gasteiger partial charge on any atom is 0.140 e. The SMILES string of the molecule is Cc1csc(-c2cc3ccccc3n2C)n1. The summed E-state index contributed by atoms with van der Waals surface area (Å²) in [6.07, 6.45) is 0. The van der Waals surface area contributed by atoms with Gasteiger partial charge in [-0.2, -0.15) is 0 Å². The minimum atomic E-state index is 1.09. The monoisotopic (exact) mass is 228 g/mol. The lowest BCUT2D eigenvalue weighted by Gasteiger charge is -1.99. The number of thiazole rings is 1. The molecule has 2 heterocycles. The van der Waals surface area contributed by atoms with Crippen LogP contribution < -0.4 is 0 Å². The van der Waals surface area contributed by atoms with Crippen molar-refractivity contribution in [3.05, 3.63) is 41.4 Å². The minimum Gasteiger partial charge on any atom is -0.342 e. The van der Waals surface area contributed by atoms with Gasteiger partial charge in [0.1, 0.15) is 5.01 Å². The standard InChI is InChI=1S/C13H12N2S/c1-9-8-16-13(14-9)12-7-10-5-3-4-6-11(10)15(12)2/h3-8H,1-2H3. The van der Waals surface area contributed by atoms with Crippen molar-refractivity contribution in [2.75, 3.05) is 0 Å². The third kappa shape index (κ3) is 1.36. The van der Waals surface area contributed by atoms with Crippen molar-refractivity contribution in [3.8, 4) is 10.7 Å². The largest absolute Gasteiger partial charge is 0.342 e. The molecule has 0 aliphatic heterocycles. The highest BCUT2D eigenvalue weighted by molar-refractivity contribution is 7.13. The predicted molar refractivity (Wildman–Crippen MR) is 68.8 cm³/mol. The number of fused-ring (bicyclic) bond motifs is 1. The van der Waals surface area contributed by atoms with Crippen LogP contribution in [0.1, 0.15) is 5.69 Å². The Morgan fingerprint density at radius 2 is 2.06 bits per heavy atom. The van der Waals surface area contributed by atoms with Crippen LogP contribution >= 0.6 is 11.3 Å². The topological polar surface area (TPSA) is 17.8 Å². The molecular weight excluding hydrogens is 216 g/mol. The second-order valence-electron chi connectivity index (χ2n) is 3.94. The van der Waals surface area contributed by atoms with Gasteiger partial charge in [-0.1, -0.05) is 18.2 Å². The van der Waals surface area contributed by atoms with Crippen LogP contribution in [-0.4, -0.2) is 9.55 Å². The van der Waals surface area contributed by atoms with Gasteiger partial charge in [-0.15, -0.1) is 11.3 Å². The minimum absolute atomic E-state index is 1.09. The lowest BCUT2D eigenvalue weighted by molar-refractivity contribution is 0.974. The summed E-state index contributed by atoms with van der Waals surface area (Å²) in [6.45, 7) is 2.03. The van der Waals surface area contributed by atoms with Crippen molar-refractivity contribution in [2.45, 2.75) is 6.92 Å². The van der Waals surface area contributed by atoms with E-state index >= 15 is 0 Å². The predicted octanol–water partition coefficient (Wildman–Crippen LogP) is 3.61. The molecule has 0 aliphatic carbocycles. The fourth-order valence-electron chi connectivity index (χ4n) is 1.97. The Hall–Kier alpha value is -1.61. The fraction of sp³-hybridized carbons (Fsp3) is 0.154. The van der Waals surface area contributed by atoms with Gasteiger partial charge < -0.3 is 4.57 Å². The molecule has 0 saturated heterocycles. The Bertz CT molecular complexity index is 649. The Morgan fingerprint density at radius 1 is 1.25 bits per heavy atom. The first-order valence-corrected chi connectivity index (χ1v) is 6.10. The summed E-state index contributed by atoms with van der Waals surface area (Å²) in [5.41, 5.74) is 3.54. The number of hydrogen-bond acceptors (Lipinski definition) is 2. The maximum absolute atomic E-state index is 4.53. The number of hydrogen-bond donors (Lipinski definition) is 0. The first-order valence-electron chi connectivity index (χ1n) is 5.22. The summed E-state index contributed by atoms with van der Waals surface area (Å²) in [4.78, 5) is 4.53. The van der Waals surface area contributed by atoms with Crippen molar-refractivity contribution < 1.29 is 0 Å².